The highest BCUT2D eigenvalue weighted by molar-refractivity contribution is 5.79. The van der Waals surface area contributed by atoms with Crippen LogP contribution in [0.15, 0.2) is 30.3 Å². The number of rotatable bonds is 4. The van der Waals surface area contributed by atoms with Crippen molar-refractivity contribution < 1.29 is 4.79 Å². The number of benzene rings is 1. The predicted octanol–water partition coefficient (Wildman–Crippen LogP) is 4.54. The van der Waals surface area contributed by atoms with Gasteiger partial charge in [-0.2, -0.15) is 5.26 Å². The Morgan fingerprint density at radius 1 is 1.32 bits per heavy atom. The molecule has 1 aromatic carbocycles. The van der Waals surface area contributed by atoms with Crippen molar-refractivity contribution in [2.75, 3.05) is 0 Å². The molecule has 2 heteroatoms. The van der Waals surface area contributed by atoms with Crippen molar-refractivity contribution in [2.24, 2.45) is 11.3 Å². The zero-order chi connectivity index (χ0) is 14.9. The molecule has 0 fully saturated rings. The number of nitriles is 1. The third-order valence-electron chi connectivity index (χ3n) is 3.17. The van der Waals surface area contributed by atoms with Crippen LogP contribution in [0.2, 0.25) is 0 Å². The highest BCUT2D eigenvalue weighted by atomic mass is 16.1. The van der Waals surface area contributed by atoms with Gasteiger partial charge < -0.3 is 0 Å². The van der Waals surface area contributed by atoms with Crippen molar-refractivity contribution >= 4 is 5.78 Å². The Morgan fingerprint density at radius 3 is 2.11 bits per heavy atom. The van der Waals surface area contributed by atoms with Crippen LogP contribution in [0.25, 0.3) is 0 Å². The summed E-state index contributed by atoms with van der Waals surface area (Å²) in [5, 5.41) is 8.84. The fourth-order valence-electron chi connectivity index (χ4n) is 1.97. The maximum Gasteiger partial charge on any atom is 0.134 e. The third kappa shape index (κ3) is 6.76. The number of ketones is 1. The third-order valence-corrected chi connectivity index (χ3v) is 3.17. The maximum atomic E-state index is 11.2. The van der Waals surface area contributed by atoms with Gasteiger partial charge in [0.15, 0.2) is 0 Å². The van der Waals surface area contributed by atoms with E-state index < -0.39 is 5.41 Å². The molecule has 104 valence electrons. The first-order valence-corrected chi connectivity index (χ1v) is 6.78. The van der Waals surface area contributed by atoms with Gasteiger partial charge in [0.2, 0.25) is 0 Å². The van der Waals surface area contributed by atoms with Crippen LogP contribution < -0.4 is 0 Å². The first-order valence-electron chi connectivity index (χ1n) is 6.78. The minimum Gasteiger partial charge on any atom is -0.300 e. The summed E-state index contributed by atoms with van der Waals surface area (Å²) < 4.78 is 0. The summed E-state index contributed by atoms with van der Waals surface area (Å²) in [6.07, 6.45) is 1.77. The molecule has 0 aliphatic heterocycles. The van der Waals surface area contributed by atoms with Crippen LogP contribution in [0.5, 0.6) is 0 Å². The molecule has 0 amide bonds. The molecule has 0 saturated carbocycles. The number of hydrogen-bond donors (Lipinski definition) is 0. The fourth-order valence-corrected chi connectivity index (χ4v) is 1.97. The van der Waals surface area contributed by atoms with Gasteiger partial charge in [-0.1, -0.05) is 49.2 Å². The van der Waals surface area contributed by atoms with Crippen LogP contribution in [-0.2, 0) is 4.79 Å². The number of aryl methyl sites for hydroxylation is 1. The number of carbonyl (C=O) groups is 1. The average Bonchev–Trinajstić information content (AvgIpc) is 2.37. The molecular formula is C17H25NO. The minimum atomic E-state index is -0.512. The van der Waals surface area contributed by atoms with Gasteiger partial charge in [0, 0.05) is 5.92 Å². The Bertz CT molecular complexity index is 415. The highest BCUT2D eigenvalue weighted by Gasteiger charge is 2.31. The normalized spacial score (nSPS) is 11.8. The van der Waals surface area contributed by atoms with E-state index in [2.05, 4.69) is 25.1 Å². The van der Waals surface area contributed by atoms with Gasteiger partial charge in [-0.25, -0.2) is 0 Å². The second-order valence-corrected chi connectivity index (χ2v) is 5.44. The van der Waals surface area contributed by atoms with Gasteiger partial charge >= 0.3 is 0 Å². The highest BCUT2D eigenvalue weighted by Crippen LogP contribution is 2.30. The van der Waals surface area contributed by atoms with Gasteiger partial charge in [0.05, 0.1) is 11.5 Å². The standard InChI is InChI=1S/C10H17NO.C7H8/c1-5-6-9(8(2)12)10(3,4)7-11;1-7-5-3-2-4-6-7/h9H,5-6H2,1-4H3;2-6H,1H3. The van der Waals surface area contributed by atoms with Gasteiger partial charge in [-0.3, -0.25) is 4.79 Å². The summed E-state index contributed by atoms with van der Waals surface area (Å²) >= 11 is 0. The smallest absolute Gasteiger partial charge is 0.134 e. The lowest BCUT2D eigenvalue weighted by Crippen LogP contribution is -2.28. The number of carbonyl (C=O) groups excluding carboxylic acids is 1. The summed E-state index contributed by atoms with van der Waals surface area (Å²) in [4.78, 5) is 11.2. The zero-order valence-corrected chi connectivity index (χ0v) is 12.7. The molecule has 0 aromatic heterocycles. The second kappa shape index (κ2) is 8.48. The van der Waals surface area contributed by atoms with E-state index in [4.69, 9.17) is 5.26 Å². The Balaban J connectivity index is 0.000000388. The van der Waals surface area contributed by atoms with Crippen molar-refractivity contribution in [3.05, 3.63) is 35.9 Å². The van der Waals surface area contributed by atoms with Gasteiger partial charge in [0.1, 0.15) is 5.78 Å². The predicted molar refractivity (Wildman–Crippen MR) is 79.7 cm³/mol. The monoisotopic (exact) mass is 259 g/mol. The van der Waals surface area contributed by atoms with E-state index >= 15 is 0 Å². The molecule has 0 radical (unpaired) electrons. The van der Waals surface area contributed by atoms with Crippen LogP contribution in [-0.4, -0.2) is 5.78 Å². The minimum absolute atomic E-state index is 0.104. The lowest BCUT2D eigenvalue weighted by Gasteiger charge is -2.24. The van der Waals surface area contributed by atoms with Crippen molar-refractivity contribution in [2.45, 2.75) is 47.5 Å². The molecule has 0 N–H and O–H groups in total. The first-order chi connectivity index (χ1) is 8.85. The molecule has 0 saturated heterocycles. The van der Waals surface area contributed by atoms with Crippen molar-refractivity contribution in [3.63, 3.8) is 0 Å². The van der Waals surface area contributed by atoms with E-state index in [1.807, 2.05) is 39.0 Å². The average molecular weight is 259 g/mol. The SMILES string of the molecule is CCCC(C(C)=O)C(C)(C)C#N.Cc1ccccc1. The van der Waals surface area contributed by atoms with Gasteiger partial charge in [-0.15, -0.1) is 0 Å². The molecule has 1 unspecified atom stereocenters. The van der Waals surface area contributed by atoms with Crippen molar-refractivity contribution in [1.82, 2.24) is 0 Å². The first kappa shape index (κ1) is 17.4. The molecule has 0 spiro atoms. The molecular weight excluding hydrogens is 234 g/mol. The molecule has 0 bridgehead atoms. The zero-order valence-electron chi connectivity index (χ0n) is 12.7. The van der Waals surface area contributed by atoms with Crippen LogP contribution >= 0.6 is 0 Å². The largest absolute Gasteiger partial charge is 0.300 e. The Hall–Kier alpha value is -1.62. The lowest BCUT2D eigenvalue weighted by atomic mass is 9.75. The van der Waals surface area contributed by atoms with Crippen LogP contribution in [0.1, 0.15) is 46.1 Å². The topological polar surface area (TPSA) is 40.9 Å². The molecule has 1 aromatic rings. The summed E-state index contributed by atoms with van der Waals surface area (Å²) in [6.45, 7) is 9.34. The molecule has 0 aliphatic rings. The Morgan fingerprint density at radius 2 is 1.84 bits per heavy atom. The second-order valence-electron chi connectivity index (χ2n) is 5.44. The Labute approximate surface area is 117 Å². The van der Waals surface area contributed by atoms with Crippen LogP contribution in [0.3, 0.4) is 0 Å². The van der Waals surface area contributed by atoms with Crippen LogP contribution in [0.4, 0.5) is 0 Å². The fraction of sp³-hybridized carbons (Fsp3) is 0.529. The van der Waals surface area contributed by atoms with E-state index in [0.29, 0.717) is 0 Å². The van der Waals surface area contributed by atoms with E-state index in [9.17, 15) is 4.79 Å². The van der Waals surface area contributed by atoms with Gasteiger partial charge in [0.25, 0.3) is 0 Å². The van der Waals surface area contributed by atoms with Crippen molar-refractivity contribution in [3.8, 4) is 6.07 Å². The Kier molecular flexibility index (Phi) is 7.75. The van der Waals surface area contributed by atoms with E-state index in [1.165, 1.54) is 5.56 Å². The lowest BCUT2D eigenvalue weighted by molar-refractivity contribution is -0.123. The van der Waals surface area contributed by atoms with E-state index in [1.54, 1.807) is 6.92 Å². The number of Topliss-reactive ketones (excluding diaryl/α,β-unsaturated/α-hetero) is 1. The molecule has 0 heterocycles. The summed E-state index contributed by atoms with van der Waals surface area (Å²) in [5.74, 6) is 0.0240. The summed E-state index contributed by atoms with van der Waals surface area (Å²) in [6, 6.07) is 12.4. The maximum absolute atomic E-state index is 11.2. The van der Waals surface area contributed by atoms with Crippen LogP contribution in [0, 0.1) is 29.6 Å². The number of hydrogen-bond acceptors (Lipinski definition) is 2. The summed E-state index contributed by atoms with van der Waals surface area (Å²) in [5.41, 5.74) is 0.810. The van der Waals surface area contributed by atoms with Gasteiger partial charge in [-0.05, 0) is 34.1 Å². The quantitative estimate of drug-likeness (QED) is 0.796. The molecule has 19 heavy (non-hydrogen) atoms. The molecule has 0 aliphatic carbocycles. The van der Waals surface area contributed by atoms with E-state index in [0.717, 1.165) is 12.8 Å². The number of nitrogens with zero attached hydrogens (tertiary/aromatic N) is 1. The van der Waals surface area contributed by atoms with E-state index in [-0.39, 0.29) is 11.7 Å². The molecule has 1 rings (SSSR count). The summed E-state index contributed by atoms with van der Waals surface area (Å²) in [7, 11) is 0. The molecule has 1 atom stereocenters. The van der Waals surface area contributed by atoms with Crippen molar-refractivity contribution in [1.29, 1.82) is 5.26 Å². The molecule has 2 nitrogen and oxygen atoms in total.